The Bertz CT molecular complexity index is 432. The molecule has 1 saturated carbocycles. The fourth-order valence-corrected chi connectivity index (χ4v) is 2.10. The van der Waals surface area contributed by atoms with Gasteiger partial charge in [-0.05, 0) is 37.4 Å². The lowest BCUT2D eigenvalue weighted by Gasteiger charge is -2.17. The maximum Gasteiger partial charge on any atom is 0.103 e. The normalized spacial score (nSPS) is 14.8. The van der Waals surface area contributed by atoms with Gasteiger partial charge in [-0.3, -0.25) is 4.90 Å². The summed E-state index contributed by atoms with van der Waals surface area (Å²) < 4.78 is 5.65. The third kappa shape index (κ3) is 5.27. The van der Waals surface area contributed by atoms with Gasteiger partial charge >= 0.3 is 0 Å². The monoisotopic (exact) mass is 278 g/mol. The third-order valence-electron chi connectivity index (χ3n) is 3.33. The maximum atomic E-state index is 5.65. The van der Waals surface area contributed by atoms with Crippen LogP contribution >= 0.6 is 12.2 Å². The second-order valence-corrected chi connectivity index (χ2v) is 5.76. The Morgan fingerprint density at radius 1 is 1.47 bits per heavy atom. The van der Waals surface area contributed by atoms with Gasteiger partial charge in [0.1, 0.15) is 4.99 Å². The van der Waals surface area contributed by atoms with Crippen LogP contribution in [0, 0.1) is 5.92 Å². The maximum absolute atomic E-state index is 5.65. The number of rotatable bonds is 8. The minimum atomic E-state index is 0.456. The summed E-state index contributed by atoms with van der Waals surface area (Å²) in [5, 5.41) is 0. The molecule has 104 valence electrons. The number of ether oxygens (including phenoxy) is 1. The standard InChI is InChI=1S/C15H22N2OS/c1-17(7-8-18-11-12-5-6-12)10-13-3-2-4-14(9-13)15(16)19/h2-4,9,12H,5-8,10-11H2,1H3,(H2,16,19). The Kier molecular flexibility index (Phi) is 5.31. The first-order valence-electron chi connectivity index (χ1n) is 6.80. The van der Waals surface area contributed by atoms with E-state index in [9.17, 15) is 0 Å². The van der Waals surface area contributed by atoms with Gasteiger partial charge in [0.15, 0.2) is 0 Å². The van der Waals surface area contributed by atoms with Gasteiger partial charge in [0.25, 0.3) is 0 Å². The number of nitrogens with zero attached hydrogens (tertiary/aromatic N) is 1. The van der Waals surface area contributed by atoms with E-state index >= 15 is 0 Å². The van der Waals surface area contributed by atoms with Crippen molar-refractivity contribution in [2.45, 2.75) is 19.4 Å². The van der Waals surface area contributed by atoms with Crippen LogP contribution in [0.1, 0.15) is 24.0 Å². The predicted molar refractivity (Wildman–Crippen MR) is 82.2 cm³/mol. The third-order valence-corrected chi connectivity index (χ3v) is 3.57. The second-order valence-electron chi connectivity index (χ2n) is 5.32. The van der Waals surface area contributed by atoms with Crippen molar-refractivity contribution in [3.63, 3.8) is 0 Å². The van der Waals surface area contributed by atoms with Crippen LogP contribution in [-0.2, 0) is 11.3 Å². The van der Waals surface area contributed by atoms with Crippen molar-refractivity contribution in [3.8, 4) is 0 Å². The van der Waals surface area contributed by atoms with Gasteiger partial charge in [0.05, 0.1) is 6.61 Å². The quantitative estimate of drug-likeness (QED) is 0.584. The molecule has 0 radical (unpaired) electrons. The van der Waals surface area contributed by atoms with Crippen molar-refractivity contribution in [1.29, 1.82) is 0 Å². The fourth-order valence-electron chi connectivity index (χ4n) is 1.97. The lowest BCUT2D eigenvalue weighted by atomic mass is 10.1. The molecule has 0 aromatic heterocycles. The van der Waals surface area contributed by atoms with Gasteiger partial charge in [0, 0.05) is 25.3 Å². The first-order chi connectivity index (χ1) is 9.15. The van der Waals surface area contributed by atoms with Gasteiger partial charge < -0.3 is 10.5 Å². The molecule has 1 fully saturated rings. The van der Waals surface area contributed by atoms with Crippen molar-refractivity contribution in [3.05, 3.63) is 35.4 Å². The molecule has 0 unspecified atom stereocenters. The lowest BCUT2D eigenvalue weighted by Crippen LogP contribution is -2.23. The van der Waals surface area contributed by atoms with E-state index in [1.54, 1.807) is 0 Å². The van der Waals surface area contributed by atoms with Crippen LogP contribution in [0.5, 0.6) is 0 Å². The summed E-state index contributed by atoms with van der Waals surface area (Å²) in [6.07, 6.45) is 2.70. The minimum absolute atomic E-state index is 0.456. The van der Waals surface area contributed by atoms with E-state index in [1.165, 1.54) is 18.4 Å². The highest BCUT2D eigenvalue weighted by atomic mass is 32.1. The highest BCUT2D eigenvalue weighted by molar-refractivity contribution is 7.80. The number of thiocarbonyl (C=S) groups is 1. The molecular weight excluding hydrogens is 256 g/mol. The van der Waals surface area contributed by atoms with E-state index < -0.39 is 0 Å². The molecule has 2 rings (SSSR count). The van der Waals surface area contributed by atoms with Crippen molar-refractivity contribution in [2.24, 2.45) is 11.7 Å². The minimum Gasteiger partial charge on any atom is -0.389 e. The van der Waals surface area contributed by atoms with E-state index in [1.807, 2.05) is 12.1 Å². The number of likely N-dealkylation sites (N-methyl/N-ethyl adjacent to an activating group) is 1. The van der Waals surface area contributed by atoms with E-state index in [-0.39, 0.29) is 0 Å². The zero-order chi connectivity index (χ0) is 13.7. The summed E-state index contributed by atoms with van der Waals surface area (Å²) in [6, 6.07) is 8.11. The molecule has 19 heavy (non-hydrogen) atoms. The predicted octanol–water partition coefficient (Wildman–Crippen LogP) is 2.18. The molecule has 1 aromatic rings. The molecule has 1 aliphatic carbocycles. The molecule has 0 bridgehead atoms. The van der Waals surface area contributed by atoms with Crippen LogP contribution in [0.2, 0.25) is 0 Å². The molecule has 1 aromatic carbocycles. The molecule has 0 atom stereocenters. The van der Waals surface area contributed by atoms with Gasteiger partial charge in [-0.1, -0.05) is 30.4 Å². The van der Waals surface area contributed by atoms with Crippen molar-refractivity contribution >= 4 is 17.2 Å². The number of hydrogen-bond acceptors (Lipinski definition) is 3. The van der Waals surface area contributed by atoms with Crippen molar-refractivity contribution in [2.75, 3.05) is 26.8 Å². The SMILES string of the molecule is CN(CCOCC1CC1)Cc1cccc(C(N)=S)c1. The van der Waals surface area contributed by atoms with Crippen molar-refractivity contribution < 1.29 is 4.74 Å². The smallest absolute Gasteiger partial charge is 0.103 e. The van der Waals surface area contributed by atoms with Gasteiger partial charge in [0.2, 0.25) is 0 Å². The van der Waals surface area contributed by atoms with E-state index in [4.69, 9.17) is 22.7 Å². The van der Waals surface area contributed by atoms with Crippen LogP contribution in [-0.4, -0.2) is 36.7 Å². The van der Waals surface area contributed by atoms with Crippen LogP contribution in [0.25, 0.3) is 0 Å². The molecule has 0 heterocycles. The zero-order valence-corrected chi connectivity index (χ0v) is 12.3. The summed E-state index contributed by atoms with van der Waals surface area (Å²) in [5.74, 6) is 0.840. The fraction of sp³-hybridized carbons (Fsp3) is 0.533. The summed E-state index contributed by atoms with van der Waals surface area (Å²) in [5.41, 5.74) is 7.81. The van der Waals surface area contributed by atoms with Crippen LogP contribution in [0.3, 0.4) is 0 Å². The van der Waals surface area contributed by atoms with Crippen molar-refractivity contribution in [1.82, 2.24) is 4.90 Å². The number of benzene rings is 1. The average molecular weight is 278 g/mol. The highest BCUT2D eigenvalue weighted by Crippen LogP contribution is 2.28. The molecule has 2 N–H and O–H groups in total. The Morgan fingerprint density at radius 3 is 2.95 bits per heavy atom. The Labute approximate surface area is 120 Å². The molecule has 0 aliphatic heterocycles. The average Bonchev–Trinajstić information content (AvgIpc) is 3.19. The molecule has 0 saturated heterocycles. The van der Waals surface area contributed by atoms with Gasteiger partial charge in [-0.25, -0.2) is 0 Å². The Morgan fingerprint density at radius 2 is 2.26 bits per heavy atom. The summed E-state index contributed by atoms with van der Waals surface area (Å²) in [7, 11) is 2.11. The van der Waals surface area contributed by atoms with E-state index in [2.05, 4.69) is 24.1 Å². The number of hydrogen-bond donors (Lipinski definition) is 1. The first kappa shape index (κ1) is 14.4. The molecule has 0 amide bonds. The second kappa shape index (κ2) is 6.98. The van der Waals surface area contributed by atoms with E-state index in [0.717, 1.165) is 37.8 Å². The molecular formula is C15H22N2OS. The molecule has 4 heteroatoms. The molecule has 0 spiro atoms. The topological polar surface area (TPSA) is 38.5 Å². The largest absolute Gasteiger partial charge is 0.389 e. The Hall–Kier alpha value is -0.970. The van der Waals surface area contributed by atoms with Gasteiger partial charge in [-0.2, -0.15) is 0 Å². The molecule has 1 aliphatic rings. The summed E-state index contributed by atoms with van der Waals surface area (Å²) in [6.45, 7) is 3.58. The number of nitrogens with two attached hydrogens (primary N) is 1. The van der Waals surface area contributed by atoms with Crippen LogP contribution < -0.4 is 5.73 Å². The highest BCUT2D eigenvalue weighted by Gasteiger charge is 2.20. The summed E-state index contributed by atoms with van der Waals surface area (Å²) >= 11 is 5.00. The lowest BCUT2D eigenvalue weighted by molar-refractivity contribution is 0.102. The molecule has 3 nitrogen and oxygen atoms in total. The van der Waals surface area contributed by atoms with Gasteiger partial charge in [-0.15, -0.1) is 0 Å². The summed E-state index contributed by atoms with van der Waals surface area (Å²) in [4.78, 5) is 2.71. The van der Waals surface area contributed by atoms with E-state index in [0.29, 0.717) is 4.99 Å². The van der Waals surface area contributed by atoms with Crippen LogP contribution in [0.15, 0.2) is 24.3 Å². The zero-order valence-electron chi connectivity index (χ0n) is 11.5. The first-order valence-corrected chi connectivity index (χ1v) is 7.21. The van der Waals surface area contributed by atoms with Crippen LogP contribution in [0.4, 0.5) is 0 Å². The Balaban J connectivity index is 1.72.